The minimum atomic E-state index is -3.82. The van der Waals surface area contributed by atoms with Crippen LogP contribution in [-0.2, 0) is 10.0 Å². The summed E-state index contributed by atoms with van der Waals surface area (Å²) < 4.78 is 30.1. The Labute approximate surface area is 224 Å². The summed E-state index contributed by atoms with van der Waals surface area (Å²) in [5.74, 6) is 1.27. The van der Waals surface area contributed by atoms with Crippen molar-refractivity contribution in [2.24, 2.45) is 0 Å². The summed E-state index contributed by atoms with van der Waals surface area (Å²) in [5, 5.41) is 19.8. The summed E-state index contributed by atoms with van der Waals surface area (Å²) in [7, 11) is -3.82. The zero-order chi connectivity index (χ0) is 26.4. The molecule has 190 valence electrons. The molecule has 0 amide bonds. The lowest BCUT2D eigenvalue weighted by Crippen LogP contribution is -2.49. The Hall–Kier alpha value is -4.04. The van der Waals surface area contributed by atoms with Crippen molar-refractivity contribution >= 4 is 44.1 Å². The van der Waals surface area contributed by atoms with E-state index in [0.717, 1.165) is 16.5 Å². The maximum Gasteiger partial charge on any atom is 0.244 e. The number of benzene rings is 3. The van der Waals surface area contributed by atoms with E-state index < -0.39 is 10.0 Å². The Morgan fingerprint density at radius 1 is 0.947 bits per heavy atom. The van der Waals surface area contributed by atoms with Gasteiger partial charge in [0.25, 0.3) is 0 Å². The lowest BCUT2D eigenvalue weighted by atomic mass is 10.1. The predicted octanol–water partition coefficient (Wildman–Crippen LogP) is 4.29. The number of nitrogens with zero attached hydrogens (tertiary/aromatic N) is 7. The van der Waals surface area contributed by atoms with E-state index in [0.29, 0.717) is 41.0 Å². The van der Waals surface area contributed by atoms with E-state index >= 15 is 0 Å². The summed E-state index contributed by atoms with van der Waals surface area (Å²) in [5.41, 5.74) is 3.47. The minimum absolute atomic E-state index is 0.0253. The largest absolute Gasteiger partial charge is 0.339 e. The van der Waals surface area contributed by atoms with Crippen LogP contribution in [0.15, 0.2) is 71.6 Å². The molecule has 9 nitrogen and oxygen atoms in total. The van der Waals surface area contributed by atoms with Crippen LogP contribution in [-0.4, -0.2) is 58.5 Å². The lowest BCUT2D eigenvalue weighted by molar-refractivity contribution is 0.382. The summed E-state index contributed by atoms with van der Waals surface area (Å²) in [4.78, 5) is 7.02. The van der Waals surface area contributed by atoms with Crippen molar-refractivity contribution in [1.82, 2.24) is 23.9 Å². The fraction of sp³-hybridized carbons (Fsp3) is 0.185. The standard InChI is InChI=1S/C27H22ClN7O2S/c1-18-5-4-7-19(15-18)25-31-32-26-22-10-9-21(28)16-23(22)30-27(35(25)26)33-11-13-34(14-12-33)38(36,37)24-8-3-2-6-20(24)17-29/h2-10,15-16H,11-14H2,1H3. The highest BCUT2D eigenvalue weighted by Gasteiger charge is 2.32. The van der Waals surface area contributed by atoms with Gasteiger partial charge < -0.3 is 4.90 Å². The van der Waals surface area contributed by atoms with Gasteiger partial charge in [-0.1, -0.05) is 47.5 Å². The monoisotopic (exact) mass is 543 g/mol. The van der Waals surface area contributed by atoms with Crippen LogP contribution in [0.3, 0.4) is 0 Å². The summed E-state index contributed by atoms with van der Waals surface area (Å²) >= 11 is 6.29. The van der Waals surface area contributed by atoms with Gasteiger partial charge in [-0.05, 0) is 43.3 Å². The molecule has 0 N–H and O–H groups in total. The van der Waals surface area contributed by atoms with Gasteiger partial charge in [-0.3, -0.25) is 0 Å². The summed E-state index contributed by atoms with van der Waals surface area (Å²) in [6, 6.07) is 21.8. The van der Waals surface area contributed by atoms with Gasteiger partial charge in [0.2, 0.25) is 16.0 Å². The van der Waals surface area contributed by atoms with Crippen LogP contribution in [0.4, 0.5) is 5.95 Å². The van der Waals surface area contributed by atoms with E-state index in [1.165, 1.54) is 16.4 Å². The van der Waals surface area contributed by atoms with Gasteiger partial charge in [0, 0.05) is 42.2 Å². The number of hydrogen-bond acceptors (Lipinski definition) is 7. The maximum atomic E-state index is 13.4. The van der Waals surface area contributed by atoms with Gasteiger partial charge in [-0.15, -0.1) is 10.2 Å². The maximum absolute atomic E-state index is 13.4. The zero-order valence-corrected chi connectivity index (χ0v) is 22.0. The summed E-state index contributed by atoms with van der Waals surface area (Å²) in [6.45, 7) is 3.29. The molecule has 3 heterocycles. The van der Waals surface area contributed by atoms with Crippen LogP contribution in [0.5, 0.6) is 0 Å². The quantitative estimate of drug-likeness (QED) is 0.333. The van der Waals surface area contributed by atoms with E-state index in [-0.39, 0.29) is 23.5 Å². The van der Waals surface area contributed by atoms with E-state index in [4.69, 9.17) is 16.6 Å². The molecule has 0 saturated carbocycles. The molecule has 1 saturated heterocycles. The van der Waals surface area contributed by atoms with Gasteiger partial charge in [0.1, 0.15) is 6.07 Å². The number of anilines is 1. The van der Waals surface area contributed by atoms with Crippen LogP contribution in [0, 0.1) is 18.3 Å². The fourth-order valence-electron chi connectivity index (χ4n) is 4.83. The molecule has 3 aromatic carbocycles. The number of halogens is 1. The average Bonchev–Trinajstić information content (AvgIpc) is 3.38. The van der Waals surface area contributed by atoms with Gasteiger partial charge in [0.15, 0.2) is 11.5 Å². The van der Waals surface area contributed by atoms with Crippen molar-refractivity contribution < 1.29 is 8.42 Å². The first-order chi connectivity index (χ1) is 18.4. The Morgan fingerprint density at radius 3 is 2.50 bits per heavy atom. The number of piperazine rings is 1. The van der Waals surface area contributed by atoms with E-state index in [1.807, 2.05) is 52.6 Å². The number of hydrogen-bond donors (Lipinski definition) is 0. The fourth-order valence-corrected chi connectivity index (χ4v) is 6.56. The molecular weight excluding hydrogens is 522 g/mol. The predicted molar refractivity (Wildman–Crippen MR) is 146 cm³/mol. The van der Waals surface area contributed by atoms with Crippen molar-refractivity contribution in [3.63, 3.8) is 0 Å². The second-order valence-electron chi connectivity index (χ2n) is 9.12. The van der Waals surface area contributed by atoms with Gasteiger partial charge in [-0.25, -0.2) is 17.8 Å². The van der Waals surface area contributed by atoms with Crippen molar-refractivity contribution in [2.45, 2.75) is 11.8 Å². The molecule has 0 radical (unpaired) electrons. The molecule has 2 aromatic heterocycles. The zero-order valence-electron chi connectivity index (χ0n) is 20.4. The highest BCUT2D eigenvalue weighted by molar-refractivity contribution is 7.89. The number of aromatic nitrogens is 4. The Kier molecular flexibility index (Phi) is 5.99. The van der Waals surface area contributed by atoms with Crippen LogP contribution >= 0.6 is 11.6 Å². The Balaban J connectivity index is 1.42. The lowest BCUT2D eigenvalue weighted by Gasteiger charge is -2.35. The molecule has 38 heavy (non-hydrogen) atoms. The van der Waals surface area contributed by atoms with Crippen molar-refractivity contribution in [3.8, 4) is 17.5 Å². The first kappa shape index (κ1) is 24.3. The normalized spacial score (nSPS) is 14.7. The molecule has 0 bridgehead atoms. The highest BCUT2D eigenvalue weighted by Crippen LogP contribution is 2.31. The van der Waals surface area contributed by atoms with Gasteiger partial charge in [0.05, 0.1) is 16.0 Å². The minimum Gasteiger partial charge on any atom is -0.339 e. The third kappa shape index (κ3) is 4.05. The average molecular weight is 544 g/mol. The van der Waals surface area contributed by atoms with Crippen LogP contribution < -0.4 is 4.90 Å². The molecule has 0 unspecified atom stereocenters. The van der Waals surface area contributed by atoms with E-state index in [2.05, 4.69) is 10.2 Å². The molecule has 0 atom stereocenters. The van der Waals surface area contributed by atoms with Crippen LogP contribution in [0.25, 0.3) is 27.9 Å². The third-order valence-corrected chi connectivity index (χ3v) is 8.90. The molecule has 0 spiro atoms. The van der Waals surface area contributed by atoms with Gasteiger partial charge >= 0.3 is 0 Å². The number of rotatable bonds is 4. The van der Waals surface area contributed by atoms with Crippen molar-refractivity contribution in [2.75, 3.05) is 31.1 Å². The molecule has 0 aliphatic carbocycles. The van der Waals surface area contributed by atoms with E-state index in [1.54, 1.807) is 24.3 Å². The van der Waals surface area contributed by atoms with Crippen molar-refractivity contribution in [1.29, 1.82) is 5.26 Å². The van der Waals surface area contributed by atoms with Crippen LogP contribution in [0.1, 0.15) is 11.1 Å². The molecule has 5 aromatic rings. The number of aryl methyl sites for hydroxylation is 1. The molecular formula is C27H22ClN7O2S. The molecule has 1 fully saturated rings. The second kappa shape index (κ2) is 9.36. The molecule has 1 aliphatic heterocycles. The van der Waals surface area contributed by atoms with Gasteiger partial charge in [-0.2, -0.15) is 9.57 Å². The second-order valence-corrected chi connectivity index (χ2v) is 11.5. The van der Waals surface area contributed by atoms with Crippen LogP contribution in [0.2, 0.25) is 5.02 Å². The topological polar surface area (TPSA) is 107 Å². The Bertz CT molecular complexity index is 1860. The number of nitriles is 1. The smallest absolute Gasteiger partial charge is 0.244 e. The highest BCUT2D eigenvalue weighted by atomic mass is 35.5. The Morgan fingerprint density at radius 2 is 1.74 bits per heavy atom. The first-order valence-corrected chi connectivity index (χ1v) is 13.8. The van der Waals surface area contributed by atoms with E-state index in [9.17, 15) is 13.7 Å². The third-order valence-electron chi connectivity index (χ3n) is 6.71. The van der Waals surface area contributed by atoms with Crippen molar-refractivity contribution in [3.05, 3.63) is 82.9 Å². The number of sulfonamides is 1. The SMILES string of the molecule is Cc1cccc(-c2nnc3c4ccc(Cl)cc4nc(N4CCN(S(=O)(=O)c5ccccc5C#N)CC4)n23)c1. The molecule has 6 rings (SSSR count). The first-order valence-electron chi connectivity index (χ1n) is 12.0. The summed E-state index contributed by atoms with van der Waals surface area (Å²) in [6.07, 6.45) is 0. The number of fused-ring (bicyclic) bond motifs is 3. The molecule has 1 aliphatic rings. The molecule has 11 heteroatoms.